The maximum Gasteiger partial charge on any atom is 0.311 e. The fraction of sp³-hybridized carbons (Fsp3) is 0.933. The Kier molecular flexibility index (Phi) is 2.58. The lowest BCUT2D eigenvalue weighted by atomic mass is 9.58. The van der Waals surface area contributed by atoms with Gasteiger partial charge in [0.25, 0.3) is 0 Å². The van der Waals surface area contributed by atoms with Gasteiger partial charge in [-0.1, -0.05) is 13.8 Å². The minimum atomic E-state index is -0.793. The lowest BCUT2D eigenvalue weighted by Gasteiger charge is -2.57. The molecule has 0 N–H and O–H groups in total. The molecule has 4 saturated heterocycles. The molecule has 0 amide bonds. The van der Waals surface area contributed by atoms with Crippen molar-refractivity contribution in [2.45, 2.75) is 64.1 Å². The molecule has 0 aromatic rings. The second kappa shape index (κ2) is 3.96. The minimum absolute atomic E-state index is 0.123. The Morgan fingerprint density at radius 3 is 2.70 bits per heavy atom. The first-order valence-electron chi connectivity index (χ1n) is 7.71. The van der Waals surface area contributed by atoms with Crippen LogP contribution in [0.1, 0.15) is 46.5 Å². The molecule has 4 unspecified atom stereocenters. The molecular weight excluding hydrogens is 260 g/mol. The van der Waals surface area contributed by atoms with Crippen molar-refractivity contribution in [2.24, 2.45) is 23.7 Å². The average Bonchev–Trinajstić information content (AvgIpc) is 2.63. The SMILES string of the molecule is CC1CC[C@H]2[C@@H](C)C(=O)OC3OC4(C)CC[C@@H]1C32OO4. The van der Waals surface area contributed by atoms with Crippen molar-refractivity contribution in [1.29, 1.82) is 0 Å². The molecule has 0 radical (unpaired) electrons. The van der Waals surface area contributed by atoms with Gasteiger partial charge in [-0.15, -0.1) is 0 Å². The average molecular weight is 282 g/mol. The van der Waals surface area contributed by atoms with Gasteiger partial charge in [-0.3, -0.25) is 4.79 Å². The summed E-state index contributed by atoms with van der Waals surface area (Å²) in [5.74, 6) is -0.137. The fourth-order valence-corrected chi connectivity index (χ4v) is 4.76. The largest absolute Gasteiger partial charge is 0.432 e. The van der Waals surface area contributed by atoms with E-state index in [9.17, 15) is 4.79 Å². The van der Waals surface area contributed by atoms with E-state index in [2.05, 4.69) is 6.92 Å². The Bertz CT molecular complexity index is 452. The Balaban J connectivity index is 1.84. The van der Waals surface area contributed by atoms with Crippen LogP contribution in [0.25, 0.3) is 0 Å². The number of hydrogen-bond donors (Lipinski definition) is 0. The first kappa shape index (κ1) is 13.0. The summed E-state index contributed by atoms with van der Waals surface area (Å²) in [6.45, 7) is 6.06. The zero-order chi connectivity index (χ0) is 14.1. The van der Waals surface area contributed by atoms with Gasteiger partial charge in [-0.2, -0.15) is 0 Å². The number of carbonyl (C=O) groups excluding carboxylic acids is 1. The van der Waals surface area contributed by atoms with E-state index in [1.807, 2.05) is 13.8 Å². The summed E-state index contributed by atoms with van der Waals surface area (Å²) >= 11 is 0. The molecule has 1 saturated carbocycles. The molecule has 7 atom stereocenters. The van der Waals surface area contributed by atoms with Crippen LogP contribution in [0.4, 0.5) is 0 Å². The smallest absolute Gasteiger partial charge is 0.311 e. The molecule has 5 fully saturated rings. The third kappa shape index (κ3) is 1.46. The number of esters is 1. The zero-order valence-corrected chi connectivity index (χ0v) is 12.3. The highest BCUT2D eigenvalue weighted by atomic mass is 17.3. The number of rotatable bonds is 0. The van der Waals surface area contributed by atoms with E-state index in [0.29, 0.717) is 11.8 Å². The van der Waals surface area contributed by atoms with Crippen molar-refractivity contribution in [3.8, 4) is 0 Å². The van der Waals surface area contributed by atoms with E-state index in [4.69, 9.17) is 19.2 Å². The van der Waals surface area contributed by atoms with Crippen LogP contribution in [0.3, 0.4) is 0 Å². The third-order valence-corrected chi connectivity index (χ3v) is 5.97. The van der Waals surface area contributed by atoms with Gasteiger partial charge in [0.2, 0.25) is 12.1 Å². The molecule has 1 spiro atoms. The molecule has 5 heteroatoms. The van der Waals surface area contributed by atoms with Crippen LogP contribution in [0, 0.1) is 23.7 Å². The molecule has 0 aromatic heterocycles. The van der Waals surface area contributed by atoms with Crippen molar-refractivity contribution in [3.63, 3.8) is 0 Å². The maximum absolute atomic E-state index is 12.1. The summed E-state index contributed by atoms with van der Waals surface area (Å²) < 4.78 is 11.6. The van der Waals surface area contributed by atoms with Crippen molar-refractivity contribution >= 4 is 5.97 Å². The fourth-order valence-electron chi connectivity index (χ4n) is 4.76. The van der Waals surface area contributed by atoms with Gasteiger partial charge >= 0.3 is 5.97 Å². The molecule has 5 rings (SSSR count). The topological polar surface area (TPSA) is 54.0 Å². The molecule has 112 valence electrons. The quantitative estimate of drug-likeness (QED) is 0.504. The summed E-state index contributed by atoms with van der Waals surface area (Å²) in [5.41, 5.74) is -0.610. The first-order valence-corrected chi connectivity index (χ1v) is 7.71. The van der Waals surface area contributed by atoms with Crippen LogP contribution in [-0.4, -0.2) is 23.6 Å². The predicted molar refractivity (Wildman–Crippen MR) is 68.0 cm³/mol. The number of hydrogen-bond acceptors (Lipinski definition) is 5. The third-order valence-electron chi connectivity index (χ3n) is 5.97. The summed E-state index contributed by atoms with van der Waals surface area (Å²) in [7, 11) is 0. The normalized spacial score (nSPS) is 57.8. The van der Waals surface area contributed by atoms with Gasteiger partial charge in [0.1, 0.15) is 0 Å². The highest BCUT2D eigenvalue weighted by Gasteiger charge is 2.69. The minimum Gasteiger partial charge on any atom is -0.432 e. The molecule has 5 aliphatic rings. The summed E-state index contributed by atoms with van der Waals surface area (Å²) in [5, 5.41) is 0. The monoisotopic (exact) mass is 282 g/mol. The van der Waals surface area contributed by atoms with Crippen molar-refractivity contribution in [3.05, 3.63) is 0 Å². The van der Waals surface area contributed by atoms with Crippen LogP contribution < -0.4 is 0 Å². The summed E-state index contributed by atoms with van der Waals surface area (Å²) in [6, 6.07) is 0. The van der Waals surface area contributed by atoms with E-state index >= 15 is 0 Å². The summed E-state index contributed by atoms with van der Waals surface area (Å²) in [4.78, 5) is 23.7. The standard InChI is InChI=1S/C15H22O5/c1-8-4-5-11-9(2)12(16)17-13-15(11)10(8)6-7-14(3,18-13)19-20-15/h8-11,13H,4-7H2,1-3H3/t8?,9-,10+,11+,13?,14?,15?/m1/s1. The van der Waals surface area contributed by atoms with Crippen LogP contribution in [0.15, 0.2) is 0 Å². The van der Waals surface area contributed by atoms with Gasteiger partial charge in [-0.05, 0) is 32.1 Å². The summed E-state index contributed by atoms with van der Waals surface area (Å²) in [6.07, 6.45) is 3.24. The second-order valence-corrected chi connectivity index (χ2v) is 7.14. The van der Waals surface area contributed by atoms with Gasteiger partial charge < -0.3 is 9.47 Å². The molecule has 20 heavy (non-hydrogen) atoms. The lowest BCUT2D eigenvalue weighted by molar-refractivity contribution is -0.559. The molecular formula is C15H22O5. The Morgan fingerprint density at radius 1 is 1.10 bits per heavy atom. The van der Waals surface area contributed by atoms with E-state index in [1.54, 1.807) is 0 Å². The number of carbonyl (C=O) groups is 1. The molecule has 0 aromatic carbocycles. The predicted octanol–water partition coefficient (Wildman–Crippen LogP) is 2.39. The van der Waals surface area contributed by atoms with E-state index < -0.39 is 17.7 Å². The second-order valence-electron chi connectivity index (χ2n) is 7.14. The first-order chi connectivity index (χ1) is 9.46. The Hall–Kier alpha value is -0.650. The van der Waals surface area contributed by atoms with E-state index in [1.165, 1.54) is 0 Å². The molecule has 4 heterocycles. The van der Waals surface area contributed by atoms with Crippen LogP contribution >= 0.6 is 0 Å². The van der Waals surface area contributed by atoms with E-state index in [-0.39, 0.29) is 17.8 Å². The van der Waals surface area contributed by atoms with Crippen molar-refractivity contribution in [2.75, 3.05) is 0 Å². The van der Waals surface area contributed by atoms with Crippen molar-refractivity contribution in [1.82, 2.24) is 0 Å². The highest BCUT2D eigenvalue weighted by molar-refractivity contribution is 5.74. The van der Waals surface area contributed by atoms with Crippen molar-refractivity contribution < 1.29 is 24.0 Å². The van der Waals surface area contributed by atoms with Gasteiger partial charge in [0.05, 0.1) is 5.92 Å². The molecule has 4 aliphatic heterocycles. The van der Waals surface area contributed by atoms with Gasteiger partial charge in [-0.25, -0.2) is 9.78 Å². The zero-order valence-electron chi connectivity index (χ0n) is 12.3. The van der Waals surface area contributed by atoms with Crippen LogP contribution in [0.2, 0.25) is 0 Å². The Labute approximate surface area is 118 Å². The van der Waals surface area contributed by atoms with Crippen LogP contribution in [0.5, 0.6) is 0 Å². The van der Waals surface area contributed by atoms with E-state index in [0.717, 1.165) is 25.7 Å². The maximum atomic E-state index is 12.1. The number of ether oxygens (including phenoxy) is 2. The number of fused-ring (bicyclic) bond motifs is 2. The molecule has 2 bridgehead atoms. The molecule has 1 aliphatic carbocycles. The van der Waals surface area contributed by atoms with Crippen LogP contribution in [-0.2, 0) is 24.0 Å². The Morgan fingerprint density at radius 2 is 1.90 bits per heavy atom. The van der Waals surface area contributed by atoms with Gasteiger partial charge in [0.15, 0.2) is 5.60 Å². The highest BCUT2D eigenvalue weighted by Crippen LogP contribution is 2.59. The lowest BCUT2D eigenvalue weighted by Crippen LogP contribution is -2.69. The van der Waals surface area contributed by atoms with Gasteiger partial charge in [0, 0.05) is 18.3 Å². The molecule has 5 nitrogen and oxygen atoms in total.